The number of aromatic nitrogens is 1. The maximum atomic E-state index is 10.7. The minimum atomic E-state index is -0.528. The fourth-order valence-electron chi connectivity index (χ4n) is 1.65. The Labute approximate surface area is 129 Å². The van der Waals surface area contributed by atoms with E-state index >= 15 is 0 Å². The van der Waals surface area contributed by atoms with E-state index in [1.54, 1.807) is 17.5 Å². The highest BCUT2D eigenvalue weighted by molar-refractivity contribution is 7.09. The zero-order chi connectivity index (χ0) is 14.7. The highest BCUT2D eigenvalue weighted by Crippen LogP contribution is 2.35. The number of nitro benzene ring substituents is 1. The van der Waals surface area contributed by atoms with Crippen LogP contribution in [0, 0.1) is 10.1 Å². The topological polar surface area (TPSA) is 68.1 Å². The molecule has 0 spiro atoms. The number of thiazole rings is 1. The third-order valence-corrected chi connectivity index (χ3v) is 4.30. The molecule has 0 aliphatic heterocycles. The third-order valence-electron chi connectivity index (χ3n) is 2.70. The van der Waals surface area contributed by atoms with Gasteiger partial charge in [-0.1, -0.05) is 30.1 Å². The standard InChI is InChI=1S/C12H11Cl2N3O2S/c1-7(12-15-2-3-20-12)6-16-11-9(13)4-8(17(18)19)5-10(11)14/h2-5,7,16H,6H2,1H3. The Balaban J connectivity index is 2.12. The number of benzene rings is 1. The molecule has 0 radical (unpaired) electrons. The van der Waals surface area contributed by atoms with E-state index in [1.807, 2.05) is 12.3 Å². The lowest BCUT2D eigenvalue weighted by Crippen LogP contribution is -2.10. The lowest BCUT2D eigenvalue weighted by Gasteiger charge is -2.13. The number of nitrogens with zero attached hydrogens (tertiary/aromatic N) is 2. The van der Waals surface area contributed by atoms with Gasteiger partial charge >= 0.3 is 0 Å². The summed E-state index contributed by atoms with van der Waals surface area (Å²) in [5.74, 6) is 0.192. The Hall–Kier alpha value is -1.37. The molecule has 0 bridgehead atoms. The zero-order valence-electron chi connectivity index (χ0n) is 10.5. The van der Waals surface area contributed by atoms with Crippen molar-refractivity contribution < 1.29 is 4.92 Å². The number of hydrogen-bond donors (Lipinski definition) is 1. The van der Waals surface area contributed by atoms with Crippen LogP contribution in [0.2, 0.25) is 10.0 Å². The van der Waals surface area contributed by atoms with Gasteiger partial charge in [-0.3, -0.25) is 10.1 Å². The SMILES string of the molecule is CC(CNc1c(Cl)cc([N+](=O)[O-])cc1Cl)c1nccs1. The van der Waals surface area contributed by atoms with Crippen molar-refractivity contribution in [3.63, 3.8) is 0 Å². The van der Waals surface area contributed by atoms with Gasteiger partial charge < -0.3 is 5.32 Å². The van der Waals surface area contributed by atoms with Gasteiger partial charge in [0.15, 0.2) is 0 Å². The second-order valence-corrected chi connectivity index (χ2v) is 5.93. The average molecular weight is 332 g/mol. The quantitative estimate of drug-likeness (QED) is 0.643. The maximum Gasteiger partial charge on any atom is 0.272 e. The number of non-ortho nitro benzene ring substituents is 1. The molecule has 1 heterocycles. The predicted octanol–water partition coefficient (Wildman–Crippen LogP) is 4.57. The summed E-state index contributed by atoms with van der Waals surface area (Å²) in [4.78, 5) is 14.4. The smallest absolute Gasteiger partial charge is 0.272 e. The maximum absolute atomic E-state index is 10.7. The Kier molecular flexibility index (Phi) is 4.80. The van der Waals surface area contributed by atoms with Gasteiger partial charge in [0.25, 0.3) is 5.69 Å². The number of hydrogen-bond acceptors (Lipinski definition) is 5. The molecule has 2 rings (SSSR count). The van der Waals surface area contributed by atoms with E-state index in [4.69, 9.17) is 23.2 Å². The summed E-state index contributed by atoms with van der Waals surface area (Å²) in [5.41, 5.74) is 0.376. The van der Waals surface area contributed by atoms with Crippen molar-refractivity contribution in [1.29, 1.82) is 0 Å². The highest BCUT2D eigenvalue weighted by Gasteiger charge is 2.16. The lowest BCUT2D eigenvalue weighted by molar-refractivity contribution is -0.384. The van der Waals surface area contributed by atoms with Gasteiger partial charge in [0.2, 0.25) is 0 Å². The van der Waals surface area contributed by atoms with Crippen LogP contribution in [0.1, 0.15) is 17.8 Å². The summed E-state index contributed by atoms with van der Waals surface area (Å²) >= 11 is 13.6. The summed E-state index contributed by atoms with van der Waals surface area (Å²) < 4.78 is 0. The van der Waals surface area contributed by atoms with E-state index in [0.29, 0.717) is 12.2 Å². The van der Waals surface area contributed by atoms with E-state index in [-0.39, 0.29) is 21.7 Å². The van der Waals surface area contributed by atoms with Crippen LogP contribution in [0.4, 0.5) is 11.4 Å². The second-order valence-electron chi connectivity index (χ2n) is 4.19. The van der Waals surface area contributed by atoms with Gasteiger partial charge in [-0.2, -0.15) is 0 Å². The highest BCUT2D eigenvalue weighted by atomic mass is 35.5. The summed E-state index contributed by atoms with van der Waals surface area (Å²) in [5, 5.41) is 17.2. The molecule has 2 aromatic rings. The molecular formula is C12H11Cl2N3O2S. The number of rotatable bonds is 5. The minimum Gasteiger partial charge on any atom is -0.382 e. The molecule has 106 valence electrons. The molecule has 0 saturated carbocycles. The summed E-state index contributed by atoms with van der Waals surface area (Å²) in [6, 6.07) is 2.56. The molecule has 1 atom stereocenters. The first kappa shape index (κ1) is 15.0. The molecule has 0 aliphatic carbocycles. The molecule has 0 saturated heterocycles. The zero-order valence-corrected chi connectivity index (χ0v) is 12.8. The van der Waals surface area contributed by atoms with Gasteiger partial charge in [0, 0.05) is 36.2 Å². The molecule has 8 heteroatoms. The molecule has 0 amide bonds. The fourth-order valence-corrected chi connectivity index (χ4v) is 2.96. The largest absolute Gasteiger partial charge is 0.382 e. The Morgan fingerprint density at radius 1 is 1.45 bits per heavy atom. The first-order valence-electron chi connectivity index (χ1n) is 5.75. The fraction of sp³-hybridized carbons (Fsp3) is 0.250. The number of halogens is 2. The Morgan fingerprint density at radius 3 is 2.60 bits per heavy atom. The van der Waals surface area contributed by atoms with Crippen LogP contribution in [0.5, 0.6) is 0 Å². The number of anilines is 1. The van der Waals surface area contributed by atoms with E-state index in [1.165, 1.54) is 12.1 Å². The van der Waals surface area contributed by atoms with E-state index in [2.05, 4.69) is 10.3 Å². The number of nitro groups is 1. The summed E-state index contributed by atoms with van der Waals surface area (Å²) in [6.07, 6.45) is 1.75. The van der Waals surface area contributed by atoms with Crippen LogP contribution < -0.4 is 5.32 Å². The van der Waals surface area contributed by atoms with Crippen molar-refractivity contribution in [2.75, 3.05) is 11.9 Å². The minimum absolute atomic E-state index is 0.126. The second kappa shape index (κ2) is 6.39. The predicted molar refractivity (Wildman–Crippen MR) is 82.1 cm³/mol. The van der Waals surface area contributed by atoms with Crippen LogP contribution in [-0.2, 0) is 0 Å². The molecule has 0 aliphatic rings. The lowest BCUT2D eigenvalue weighted by atomic mass is 10.2. The summed E-state index contributed by atoms with van der Waals surface area (Å²) in [6.45, 7) is 2.61. The van der Waals surface area contributed by atoms with Gasteiger partial charge in [-0.25, -0.2) is 4.98 Å². The van der Waals surface area contributed by atoms with Crippen molar-refractivity contribution >= 4 is 45.9 Å². The summed E-state index contributed by atoms with van der Waals surface area (Å²) in [7, 11) is 0. The molecule has 20 heavy (non-hydrogen) atoms. The van der Waals surface area contributed by atoms with Gasteiger partial charge in [-0.05, 0) is 0 Å². The first-order valence-corrected chi connectivity index (χ1v) is 7.39. The van der Waals surface area contributed by atoms with Gasteiger partial charge in [0.1, 0.15) is 0 Å². The van der Waals surface area contributed by atoms with Crippen LogP contribution in [-0.4, -0.2) is 16.5 Å². The van der Waals surface area contributed by atoms with Crippen LogP contribution >= 0.6 is 34.5 Å². The molecule has 1 aromatic heterocycles. The van der Waals surface area contributed by atoms with Crippen molar-refractivity contribution in [2.45, 2.75) is 12.8 Å². The Bertz CT molecular complexity index is 596. The molecule has 0 fully saturated rings. The molecule has 1 aromatic carbocycles. The molecule has 5 nitrogen and oxygen atoms in total. The van der Waals surface area contributed by atoms with E-state index in [0.717, 1.165) is 5.01 Å². The van der Waals surface area contributed by atoms with E-state index in [9.17, 15) is 10.1 Å². The molecule has 1 N–H and O–H groups in total. The van der Waals surface area contributed by atoms with Crippen molar-refractivity contribution in [2.24, 2.45) is 0 Å². The van der Waals surface area contributed by atoms with E-state index < -0.39 is 4.92 Å². The van der Waals surface area contributed by atoms with Crippen molar-refractivity contribution in [1.82, 2.24) is 4.98 Å². The first-order chi connectivity index (χ1) is 9.49. The van der Waals surface area contributed by atoms with Crippen LogP contribution in [0.3, 0.4) is 0 Å². The van der Waals surface area contributed by atoms with Crippen molar-refractivity contribution in [3.8, 4) is 0 Å². The normalized spacial score (nSPS) is 12.2. The molecule has 1 unspecified atom stereocenters. The van der Waals surface area contributed by atoms with Gasteiger partial charge in [-0.15, -0.1) is 11.3 Å². The van der Waals surface area contributed by atoms with Crippen LogP contribution in [0.25, 0.3) is 0 Å². The third kappa shape index (κ3) is 3.39. The van der Waals surface area contributed by atoms with Crippen LogP contribution in [0.15, 0.2) is 23.7 Å². The average Bonchev–Trinajstić information content (AvgIpc) is 2.91. The van der Waals surface area contributed by atoms with Gasteiger partial charge in [0.05, 0.1) is 25.7 Å². The Morgan fingerprint density at radius 2 is 2.10 bits per heavy atom. The van der Waals surface area contributed by atoms with Crippen molar-refractivity contribution in [3.05, 3.63) is 48.9 Å². The number of nitrogens with one attached hydrogen (secondary N) is 1. The monoisotopic (exact) mass is 331 g/mol. The molecular weight excluding hydrogens is 321 g/mol.